The molecule has 1 unspecified atom stereocenters. The summed E-state index contributed by atoms with van der Waals surface area (Å²) < 4.78 is 1.69. The minimum Gasteiger partial charge on any atom is -0.391 e. The molecule has 1 fully saturated rings. The number of carbonyl (C=O) groups excluding carboxylic acids is 1. The van der Waals surface area contributed by atoms with Gasteiger partial charge in [-0.1, -0.05) is 23.7 Å². The summed E-state index contributed by atoms with van der Waals surface area (Å²) in [6.45, 7) is 2.22. The first-order valence-corrected chi connectivity index (χ1v) is 8.35. The Balaban J connectivity index is 1.68. The Morgan fingerprint density at radius 3 is 2.88 bits per heavy atom. The van der Waals surface area contributed by atoms with Crippen molar-refractivity contribution < 1.29 is 9.90 Å². The second kappa shape index (κ2) is 6.83. The van der Waals surface area contributed by atoms with Crippen LogP contribution in [0.4, 0.5) is 10.6 Å². The van der Waals surface area contributed by atoms with Crippen molar-refractivity contribution in [2.24, 2.45) is 5.92 Å². The molecule has 1 aromatic carbocycles. The van der Waals surface area contributed by atoms with Crippen LogP contribution in [-0.4, -0.2) is 45.5 Å². The number of carbonyl (C=O) groups is 1. The van der Waals surface area contributed by atoms with Crippen LogP contribution in [0, 0.1) is 12.8 Å². The van der Waals surface area contributed by atoms with E-state index in [4.69, 9.17) is 11.6 Å². The monoisotopic (exact) mass is 348 g/mol. The van der Waals surface area contributed by atoms with Gasteiger partial charge in [0.2, 0.25) is 0 Å². The lowest BCUT2D eigenvalue weighted by Gasteiger charge is -2.20. The van der Waals surface area contributed by atoms with Gasteiger partial charge >= 0.3 is 6.03 Å². The van der Waals surface area contributed by atoms with Crippen LogP contribution < -0.4 is 5.32 Å². The van der Waals surface area contributed by atoms with Gasteiger partial charge in [0.25, 0.3) is 0 Å². The highest BCUT2D eigenvalue weighted by atomic mass is 35.5. The highest BCUT2D eigenvalue weighted by Gasteiger charge is 2.31. The standard InChI is InChI=1S/C17H21ClN4O2/c1-11-9-16(20-22(11)14-6-4-3-5-13(14)18)19-17(24)21(2)10-15(23)12-7-8-12/h3-6,9,12,15,23H,7-8,10H2,1-2H3,(H,19,20,24). The molecule has 0 bridgehead atoms. The molecule has 128 valence electrons. The number of benzene rings is 1. The third-order valence-corrected chi connectivity index (χ3v) is 4.50. The number of nitrogens with one attached hydrogen (secondary N) is 1. The number of rotatable bonds is 5. The summed E-state index contributed by atoms with van der Waals surface area (Å²) in [5.41, 5.74) is 1.62. The van der Waals surface area contributed by atoms with Gasteiger partial charge in [0.15, 0.2) is 5.82 Å². The van der Waals surface area contributed by atoms with E-state index in [1.807, 2.05) is 25.1 Å². The van der Waals surface area contributed by atoms with E-state index in [2.05, 4.69) is 10.4 Å². The molecule has 0 spiro atoms. The van der Waals surface area contributed by atoms with Gasteiger partial charge in [0.1, 0.15) is 0 Å². The summed E-state index contributed by atoms with van der Waals surface area (Å²) in [5.74, 6) is 0.784. The number of anilines is 1. The highest BCUT2D eigenvalue weighted by Crippen LogP contribution is 2.32. The van der Waals surface area contributed by atoms with E-state index in [9.17, 15) is 9.90 Å². The van der Waals surface area contributed by atoms with E-state index < -0.39 is 6.10 Å². The van der Waals surface area contributed by atoms with Gasteiger partial charge in [0, 0.05) is 25.4 Å². The zero-order chi connectivity index (χ0) is 17.3. The maximum Gasteiger partial charge on any atom is 0.322 e. The van der Waals surface area contributed by atoms with Crippen molar-refractivity contribution in [2.45, 2.75) is 25.9 Å². The van der Waals surface area contributed by atoms with Crippen LogP contribution in [0.25, 0.3) is 5.69 Å². The largest absolute Gasteiger partial charge is 0.391 e. The van der Waals surface area contributed by atoms with E-state index in [1.165, 1.54) is 4.90 Å². The third-order valence-electron chi connectivity index (χ3n) is 4.18. The number of aryl methyl sites for hydroxylation is 1. The molecule has 0 saturated heterocycles. The fraction of sp³-hybridized carbons (Fsp3) is 0.412. The molecule has 1 aliphatic rings. The second-order valence-corrected chi connectivity index (χ2v) is 6.66. The number of aromatic nitrogens is 2. The Morgan fingerprint density at radius 1 is 1.50 bits per heavy atom. The van der Waals surface area contributed by atoms with Gasteiger partial charge in [-0.2, -0.15) is 0 Å². The summed E-state index contributed by atoms with van der Waals surface area (Å²) >= 11 is 6.20. The van der Waals surface area contributed by atoms with Crippen LogP contribution in [0.1, 0.15) is 18.5 Å². The lowest BCUT2D eigenvalue weighted by Crippen LogP contribution is -2.38. The minimum atomic E-state index is -0.455. The van der Waals surface area contributed by atoms with Crippen molar-refractivity contribution in [1.82, 2.24) is 14.7 Å². The average molecular weight is 349 g/mol. The molecule has 1 saturated carbocycles. The van der Waals surface area contributed by atoms with Crippen molar-refractivity contribution in [1.29, 1.82) is 0 Å². The summed E-state index contributed by atoms with van der Waals surface area (Å²) in [6, 6.07) is 8.89. The number of hydrogen-bond acceptors (Lipinski definition) is 3. The van der Waals surface area contributed by atoms with E-state index in [1.54, 1.807) is 23.9 Å². The number of halogens is 1. The average Bonchev–Trinajstić information content (AvgIpc) is 3.32. The molecule has 6 nitrogen and oxygen atoms in total. The van der Waals surface area contributed by atoms with Crippen molar-refractivity contribution in [2.75, 3.05) is 18.9 Å². The van der Waals surface area contributed by atoms with Crippen molar-refractivity contribution in [3.8, 4) is 5.69 Å². The Kier molecular flexibility index (Phi) is 4.78. The van der Waals surface area contributed by atoms with Gasteiger partial charge < -0.3 is 10.0 Å². The van der Waals surface area contributed by atoms with Crippen molar-refractivity contribution in [3.63, 3.8) is 0 Å². The number of urea groups is 1. The molecular formula is C17H21ClN4O2. The molecule has 1 heterocycles. The molecule has 7 heteroatoms. The predicted molar refractivity (Wildman–Crippen MR) is 93.7 cm³/mol. The molecule has 24 heavy (non-hydrogen) atoms. The number of nitrogens with zero attached hydrogens (tertiary/aromatic N) is 3. The van der Waals surface area contributed by atoms with E-state index >= 15 is 0 Å². The summed E-state index contributed by atoms with van der Waals surface area (Å²) in [7, 11) is 1.67. The zero-order valence-electron chi connectivity index (χ0n) is 13.7. The first kappa shape index (κ1) is 16.8. The fourth-order valence-electron chi connectivity index (χ4n) is 2.60. The minimum absolute atomic E-state index is 0.293. The van der Waals surface area contributed by atoms with E-state index in [0.717, 1.165) is 24.2 Å². The number of aliphatic hydroxyl groups excluding tert-OH is 1. The number of likely N-dealkylation sites (N-methyl/N-ethyl adjacent to an activating group) is 1. The summed E-state index contributed by atoms with van der Waals surface area (Å²) in [5, 5.41) is 17.7. The van der Waals surface area contributed by atoms with Crippen LogP contribution in [0.15, 0.2) is 30.3 Å². The molecule has 3 rings (SSSR count). The maximum absolute atomic E-state index is 12.2. The lowest BCUT2D eigenvalue weighted by molar-refractivity contribution is 0.117. The molecule has 2 amide bonds. The molecule has 1 aromatic heterocycles. The molecule has 2 N–H and O–H groups in total. The predicted octanol–water partition coefficient (Wildman–Crippen LogP) is 3.07. The fourth-order valence-corrected chi connectivity index (χ4v) is 2.82. The Bertz CT molecular complexity index is 742. The zero-order valence-corrected chi connectivity index (χ0v) is 14.5. The second-order valence-electron chi connectivity index (χ2n) is 6.25. The smallest absolute Gasteiger partial charge is 0.322 e. The first-order chi connectivity index (χ1) is 11.5. The van der Waals surface area contributed by atoms with Gasteiger partial charge in [-0.05, 0) is 37.8 Å². The quantitative estimate of drug-likeness (QED) is 0.872. The molecule has 1 atom stereocenters. The van der Waals surface area contributed by atoms with Crippen LogP contribution in [0.3, 0.4) is 0 Å². The number of hydrogen-bond donors (Lipinski definition) is 2. The number of aliphatic hydroxyl groups is 1. The van der Waals surface area contributed by atoms with Crippen LogP contribution >= 0.6 is 11.6 Å². The molecule has 1 aliphatic carbocycles. The normalized spacial score (nSPS) is 15.2. The van der Waals surface area contributed by atoms with E-state index in [0.29, 0.717) is 23.3 Å². The van der Waals surface area contributed by atoms with Gasteiger partial charge in [-0.25, -0.2) is 9.48 Å². The SMILES string of the molecule is Cc1cc(NC(=O)N(C)CC(O)C2CC2)nn1-c1ccccc1Cl. The number of para-hydroxylation sites is 1. The molecular weight excluding hydrogens is 328 g/mol. The maximum atomic E-state index is 12.2. The van der Waals surface area contributed by atoms with Crippen LogP contribution in [0.2, 0.25) is 5.02 Å². The Labute approximate surface area is 146 Å². The molecule has 0 aliphatic heterocycles. The molecule has 0 radical (unpaired) electrons. The highest BCUT2D eigenvalue weighted by molar-refractivity contribution is 6.32. The summed E-state index contributed by atoms with van der Waals surface area (Å²) in [4.78, 5) is 13.7. The third kappa shape index (κ3) is 3.71. The topological polar surface area (TPSA) is 70.4 Å². The lowest BCUT2D eigenvalue weighted by atomic mass is 10.2. The van der Waals surface area contributed by atoms with Crippen LogP contribution in [0.5, 0.6) is 0 Å². The van der Waals surface area contributed by atoms with Gasteiger partial charge in [-0.15, -0.1) is 5.10 Å². The Morgan fingerprint density at radius 2 is 2.21 bits per heavy atom. The molecule has 2 aromatic rings. The Hall–Kier alpha value is -2.05. The first-order valence-electron chi connectivity index (χ1n) is 7.97. The van der Waals surface area contributed by atoms with Crippen molar-refractivity contribution in [3.05, 3.63) is 41.0 Å². The summed E-state index contributed by atoms with van der Waals surface area (Å²) in [6.07, 6.45) is 1.62. The van der Waals surface area contributed by atoms with Gasteiger partial charge in [-0.3, -0.25) is 5.32 Å². The van der Waals surface area contributed by atoms with E-state index in [-0.39, 0.29) is 6.03 Å². The van der Waals surface area contributed by atoms with Crippen LogP contribution in [-0.2, 0) is 0 Å². The van der Waals surface area contributed by atoms with Gasteiger partial charge in [0.05, 0.1) is 16.8 Å². The van der Waals surface area contributed by atoms with Crippen molar-refractivity contribution >= 4 is 23.4 Å². The number of amides is 2.